The molecule has 2 aliphatic carbocycles. The van der Waals surface area contributed by atoms with Gasteiger partial charge in [0.05, 0.1) is 0 Å². The summed E-state index contributed by atoms with van der Waals surface area (Å²) in [5.74, 6) is -0.163. The molecule has 0 aliphatic heterocycles. The molecule has 98 valence electrons. The second-order valence-corrected chi connectivity index (χ2v) is 6.78. The first kappa shape index (κ1) is 12.6. The molecule has 0 atom stereocenters. The summed E-state index contributed by atoms with van der Waals surface area (Å²) in [4.78, 5) is 0. The van der Waals surface area contributed by atoms with Gasteiger partial charge in [0, 0.05) is 17.1 Å². The van der Waals surface area contributed by atoms with Gasteiger partial charge in [-0.2, -0.15) is 0 Å². The van der Waals surface area contributed by atoms with E-state index in [9.17, 15) is 4.39 Å². The highest BCUT2D eigenvalue weighted by molar-refractivity contribution is 9.10. The van der Waals surface area contributed by atoms with Gasteiger partial charge in [-0.3, -0.25) is 0 Å². The van der Waals surface area contributed by atoms with Crippen LogP contribution in [0.4, 0.5) is 4.39 Å². The molecule has 2 aliphatic rings. The molecule has 1 nitrogen and oxygen atoms in total. The zero-order chi connectivity index (χ0) is 12.6. The average molecular weight is 312 g/mol. The van der Waals surface area contributed by atoms with Gasteiger partial charge in [-0.05, 0) is 55.2 Å². The standard InChI is InChI=1S/C15H19BrFN/c16-14-8-12(17)3-2-11(14)9-15(6-1-7-15)10-18-13-4-5-13/h2-3,8,13,18H,1,4-7,9-10H2. The van der Waals surface area contributed by atoms with Crippen LogP contribution in [-0.4, -0.2) is 12.6 Å². The first-order valence-electron chi connectivity index (χ1n) is 6.84. The van der Waals surface area contributed by atoms with Crippen LogP contribution >= 0.6 is 15.9 Å². The largest absolute Gasteiger partial charge is 0.313 e. The Labute approximate surface area is 116 Å². The topological polar surface area (TPSA) is 12.0 Å². The van der Waals surface area contributed by atoms with Crippen LogP contribution in [0, 0.1) is 11.2 Å². The molecule has 18 heavy (non-hydrogen) atoms. The average Bonchev–Trinajstić information content (AvgIpc) is 3.08. The Bertz CT molecular complexity index is 438. The first-order chi connectivity index (χ1) is 8.67. The Hall–Kier alpha value is -0.410. The molecular weight excluding hydrogens is 293 g/mol. The molecule has 0 radical (unpaired) electrons. The SMILES string of the molecule is Fc1ccc(CC2(CNC3CC3)CCC2)c(Br)c1. The van der Waals surface area contributed by atoms with Crippen LogP contribution in [0.25, 0.3) is 0 Å². The minimum absolute atomic E-state index is 0.163. The van der Waals surface area contributed by atoms with Gasteiger partial charge in [-0.15, -0.1) is 0 Å². The van der Waals surface area contributed by atoms with E-state index >= 15 is 0 Å². The maximum absolute atomic E-state index is 13.1. The van der Waals surface area contributed by atoms with Crippen molar-refractivity contribution in [3.63, 3.8) is 0 Å². The van der Waals surface area contributed by atoms with E-state index in [4.69, 9.17) is 0 Å². The Morgan fingerprint density at radius 2 is 2.11 bits per heavy atom. The van der Waals surface area contributed by atoms with E-state index in [1.165, 1.54) is 37.7 Å². The molecule has 1 aromatic rings. The lowest BCUT2D eigenvalue weighted by molar-refractivity contribution is 0.129. The molecular formula is C15H19BrFN. The molecule has 0 unspecified atom stereocenters. The second-order valence-electron chi connectivity index (χ2n) is 5.92. The van der Waals surface area contributed by atoms with Crippen molar-refractivity contribution in [1.82, 2.24) is 5.32 Å². The Balaban J connectivity index is 1.68. The quantitative estimate of drug-likeness (QED) is 0.865. The molecule has 0 bridgehead atoms. The summed E-state index contributed by atoms with van der Waals surface area (Å²) >= 11 is 3.49. The summed E-state index contributed by atoms with van der Waals surface area (Å²) in [5.41, 5.74) is 1.66. The van der Waals surface area contributed by atoms with Crippen molar-refractivity contribution in [1.29, 1.82) is 0 Å². The van der Waals surface area contributed by atoms with Crippen LogP contribution < -0.4 is 5.32 Å². The van der Waals surface area contributed by atoms with Crippen LogP contribution in [0.15, 0.2) is 22.7 Å². The normalized spacial score (nSPS) is 21.7. The van der Waals surface area contributed by atoms with Crippen molar-refractivity contribution >= 4 is 15.9 Å². The molecule has 0 heterocycles. The summed E-state index contributed by atoms with van der Waals surface area (Å²) in [5, 5.41) is 3.66. The number of hydrogen-bond donors (Lipinski definition) is 1. The zero-order valence-electron chi connectivity index (χ0n) is 10.5. The van der Waals surface area contributed by atoms with Gasteiger partial charge >= 0.3 is 0 Å². The number of rotatable bonds is 5. The lowest BCUT2D eigenvalue weighted by Crippen LogP contribution is -2.42. The van der Waals surface area contributed by atoms with Crippen molar-refractivity contribution in [3.05, 3.63) is 34.1 Å². The van der Waals surface area contributed by atoms with E-state index in [-0.39, 0.29) is 5.82 Å². The Morgan fingerprint density at radius 3 is 2.67 bits per heavy atom. The predicted molar refractivity (Wildman–Crippen MR) is 75.1 cm³/mol. The van der Waals surface area contributed by atoms with Crippen LogP contribution in [0.5, 0.6) is 0 Å². The van der Waals surface area contributed by atoms with E-state index in [1.807, 2.05) is 6.07 Å². The lowest BCUT2D eigenvalue weighted by atomic mass is 9.65. The van der Waals surface area contributed by atoms with Crippen molar-refractivity contribution in [2.45, 2.75) is 44.6 Å². The van der Waals surface area contributed by atoms with Crippen molar-refractivity contribution in [2.75, 3.05) is 6.54 Å². The summed E-state index contributed by atoms with van der Waals surface area (Å²) < 4.78 is 14.0. The van der Waals surface area contributed by atoms with Crippen molar-refractivity contribution < 1.29 is 4.39 Å². The Morgan fingerprint density at radius 1 is 1.33 bits per heavy atom. The molecule has 2 saturated carbocycles. The molecule has 0 saturated heterocycles. The molecule has 0 amide bonds. The first-order valence-corrected chi connectivity index (χ1v) is 7.64. The van der Waals surface area contributed by atoms with E-state index in [1.54, 1.807) is 12.1 Å². The highest BCUT2D eigenvalue weighted by Crippen LogP contribution is 2.44. The summed E-state index contributed by atoms with van der Waals surface area (Å²) in [7, 11) is 0. The monoisotopic (exact) mass is 311 g/mol. The summed E-state index contributed by atoms with van der Waals surface area (Å²) in [6.07, 6.45) is 7.69. The van der Waals surface area contributed by atoms with Gasteiger partial charge in [0.25, 0.3) is 0 Å². The molecule has 1 aromatic carbocycles. The maximum atomic E-state index is 13.1. The zero-order valence-corrected chi connectivity index (χ0v) is 12.1. The molecule has 0 aromatic heterocycles. The van der Waals surface area contributed by atoms with E-state index in [0.717, 1.165) is 23.5 Å². The van der Waals surface area contributed by atoms with Crippen LogP contribution in [-0.2, 0) is 6.42 Å². The van der Waals surface area contributed by atoms with Crippen LogP contribution in [0.3, 0.4) is 0 Å². The predicted octanol–water partition coefficient (Wildman–Crippen LogP) is 4.05. The third kappa shape index (κ3) is 2.77. The van der Waals surface area contributed by atoms with Crippen LogP contribution in [0.2, 0.25) is 0 Å². The molecule has 2 fully saturated rings. The molecule has 3 rings (SSSR count). The van der Waals surface area contributed by atoms with Gasteiger partial charge < -0.3 is 5.32 Å². The minimum atomic E-state index is -0.163. The van der Waals surface area contributed by atoms with Gasteiger partial charge in [-0.1, -0.05) is 28.4 Å². The highest BCUT2D eigenvalue weighted by Gasteiger charge is 2.38. The van der Waals surface area contributed by atoms with E-state index in [2.05, 4.69) is 21.2 Å². The van der Waals surface area contributed by atoms with Crippen molar-refractivity contribution in [2.24, 2.45) is 5.41 Å². The van der Waals surface area contributed by atoms with Gasteiger partial charge in [0.15, 0.2) is 0 Å². The smallest absolute Gasteiger partial charge is 0.124 e. The van der Waals surface area contributed by atoms with E-state index < -0.39 is 0 Å². The molecule has 3 heteroatoms. The third-order valence-electron chi connectivity index (χ3n) is 4.34. The second kappa shape index (κ2) is 4.93. The number of benzene rings is 1. The molecule has 0 spiro atoms. The fraction of sp³-hybridized carbons (Fsp3) is 0.600. The lowest BCUT2D eigenvalue weighted by Gasteiger charge is -2.43. The number of halogens is 2. The van der Waals surface area contributed by atoms with Gasteiger partial charge in [-0.25, -0.2) is 4.39 Å². The van der Waals surface area contributed by atoms with E-state index in [0.29, 0.717) is 5.41 Å². The van der Waals surface area contributed by atoms with Gasteiger partial charge in [0.2, 0.25) is 0 Å². The van der Waals surface area contributed by atoms with Crippen LogP contribution in [0.1, 0.15) is 37.7 Å². The summed E-state index contributed by atoms with van der Waals surface area (Å²) in [6.45, 7) is 1.13. The number of nitrogens with one attached hydrogen (secondary N) is 1. The maximum Gasteiger partial charge on any atom is 0.124 e. The highest BCUT2D eigenvalue weighted by atomic mass is 79.9. The number of hydrogen-bond acceptors (Lipinski definition) is 1. The Kier molecular flexibility index (Phi) is 3.46. The van der Waals surface area contributed by atoms with Gasteiger partial charge in [0.1, 0.15) is 5.82 Å². The third-order valence-corrected chi connectivity index (χ3v) is 5.08. The van der Waals surface area contributed by atoms with Crippen molar-refractivity contribution in [3.8, 4) is 0 Å². The fourth-order valence-electron chi connectivity index (χ4n) is 2.81. The molecule has 1 N–H and O–H groups in total. The minimum Gasteiger partial charge on any atom is -0.313 e. The summed E-state index contributed by atoms with van der Waals surface area (Å²) in [6, 6.07) is 5.85. The fourth-order valence-corrected chi connectivity index (χ4v) is 3.30.